The van der Waals surface area contributed by atoms with E-state index in [1.807, 2.05) is 48.8 Å². The minimum Gasteiger partial charge on any atom is -0.462 e. The van der Waals surface area contributed by atoms with Gasteiger partial charge in [0.15, 0.2) is 0 Å². The van der Waals surface area contributed by atoms with Gasteiger partial charge in [-0.1, -0.05) is 26.7 Å². The Hall–Kier alpha value is -3.88. The van der Waals surface area contributed by atoms with Gasteiger partial charge in [-0.2, -0.15) is 0 Å². The van der Waals surface area contributed by atoms with Gasteiger partial charge in [0.05, 0.1) is 35.7 Å². The van der Waals surface area contributed by atoms with E-state index in [9.17, 15) is 9.59 Å². The highest BCUT2D eigenvalue weighted by Gasteiger charge is 2.08. The molecule has 0 aliphatic carbocycles. The molecular formula is C32H32N2O4S2. The third-order valence-corrected chi connectivity index (χ3v) is 8.08. The molecule has 0 saturated heterocycles. The molecule has 40 heavy (non-hydrogen) atoms. The van der Waals surface area contributed by atoms with Crippen molar-refractivity contribution in [2.24, 2.45) is 9.98 Å². The molecule has 0 fully saturated rings. The molecule has 206 valence electrons. The Labute approximate surface area is 243 Å². The van der Waals surface area contributed by atoms with Crippen LogP contribution in [-0.4, -0.2) is 37.6 Å². The van der Waals surface area contributed by atoms with Crippen molar-refractivity contribution in [3.63, 3.8) is 0 Å². The average molecular weight is 573 g/mol. The molecule has 8 heteroatoms. The molecule has 6 nitrogen and oxygen atoms in total. The summed E-state index contributed by atoms with van der Waals surface area (Å²) in [5.74, 6) is -0.602. The minimum atomic E-state index is -0.301. The second-order valence-electron chi connectivity index (χ2n) is 8.99. The van der Waals surface area contributed by atoms with Gasteiger partial charge in [0, 0.05) is 31.9 Å². The molecule has 0 aliphatic heterocycles. The molecule has 2 aromatic heterocycles. The summed E-state index contributed by atoms with van der Waals surface area (Å²) in [5, 5.41) is 0. The fourth-order valence-electron chi connectivity index (χ4n) is 3.54. The molecular weight excluding hydrogens is 540 g/mol. The number of ether oxygens (including phenoxy) is 2. The lowest BCUT2D eigenvalue weighted by Crippen LogP contribution is -2.05. The first-order valence-electron chi connectivity index (χ1n) is 13.4. The molecule has 0 saturated carbocycles. The maximum atomic E-state index is 12.1. The average Bonchev–Trinajstić information content (AvgIpc) is 3.65. The van der Waals surface area contributed by atoms with E-state index in [-0.39, 0.29) is 11.9 Å². The summed E-state index contributed by atoms with van der Waals surface area (Å²) in [6.45, 7) is 5.01. The second kappa shape index (κ2) is 15.1. The molecule has 0 aliphatic rings. The standard InChI is InChI=1S/C32H32N2O4S2/c1-3-5-19-37-31(35)23-7-11-25(12-8-23)33-21-27-15-17-29(39-27)30-18-16-28(40-30)22-34-26-13-9-24(10-14-26)32(36)38-20-6-4-2/h7-18,21-22H,3-6,19-20H2,1-2H3. The summed E-state index contributed by atoms with van der Waals surface area (Å²) in [6.07, 6.45) is 7.38. The van der Waals surface area contributed by atoms with E-state index in [0.717, 1.165) is 56.6 Å². The Bertz CT molecular complexity index is 1340. The van der Waals surface area contributed by atoms with Crippen LogP contribution in [0.25, 0.3) is 9.75 Å². The van der Waals surface area contributed by atoms with Gasteiger partial charge in [-0.15, -0.1) is 22.7 Å². The minimum absolute atomic E-state index is 0.301. The number of benzene rings is 2. The molecule has 0 spiro atoms. The molecule has 0 atom stereocenters. The predicted octanol–water partition coefficient (Wildman–Crippen LogP) is 8.89. The van der Waals surface area contributed by atoms with Crippen molar-refractivity contribution in [1.82, 2.24) is 0 Å². The van der Waals surface area contributed by atoms with Crippen LogP contribution in [0, 0.1) is 0 Å². The first kappa shape index (κ1) is 29.1. The molecule has 0 unspecified atom stereocenters. The molecule has 4 aromatic rings. The number of rotatable bonds is 13. The largest absolute Gasteiger partial charge is 0.462 e. The van der Waals surface area contributed by atoms with E-state index in [1.165, 1.54) is 0 Å². The highest BCUT2D eigenvalue weighted by molar-refractivity contribution is 7.23. The maximum absolute atomic E-state index is 12.1. The van der Waals surface area contributed by atoms with E-state index in [0.29, 0.717) is 24.3 Å². The van der Waals surface area contributed by atoms with Crippen molar-refractivity contribution < 1.29 is 19.1 Å². The first-order chi connectivity index (χ1) is 19.6. The summed E-state index contributed by atoms with van der Waals surface area (Å²) in [7, 11) is 0. The van der Waals surface area contributed by atoms with E-state index >= 15 is 0 Å². The summed E-state index contributed by atoms with van der Waals surface area (Å²) in [4.78, 5) is 37.6. The van der Waals surface area contributed by atoms with Crippen LogP contribution in [0.2, 0.25) is 0 Å². The van der Waals surface area contributed by atoms with Crippen LogP contribution in [0.15, 0.2) is 82.8 Å². The maximum Gasteiger partial charge on any atom is 0.338 e. The normalized spacial score (nSPS) is 11.3. The highest BCUT2D eigenvalue weighted by Crippen LogP contribution is 2.33. The zero-order valence-corrected chi connectivity index (χ0v) is 24.3. The van der Waals surface area contributed by atoms with Crippen LogP contribution in [0.3, 0.4) is 0 Å². The third-order valence-electron chi connectivity index (χ3n) is 5.85. The van der Waals surface area contributed by atoms with Crippen LogP contribution in [0.4, 0.5) is 11.4 Å². The number of hydrogen-bond acceptors (Lipinski definition) is 8. The van der Waals surface area contributed by atoms with Crippen molar-refractivity contribution in [2.75, 3.05) is 13.2 Å². The van der Waals surface area contributed by atoms with Gasteiger partial charge in [0.2, 0.25) is 0 Å². The summed E-state index contributed by atoms with van der Waals surface area (Å²) in [6, 6.07) is 22.5. The Balaban J connectivity index is 1.31. The Morgan fingerprint density at radius 3 is 1.40 bits per heavy atom. The molecule has 0 bridgehead atoms. The third kappa shape index (κ3) is 8.56. The van der Waals surface area contributed by atoms with Crippen LogP contribution >= 0.6 is 22.7 Å². The molecule has 2 heterocycles. The van der Waals surface area contributed by atoms with Crippen molar-refractivity contribution >= 4 is 58.4 Å². The highest BCUT2D eigenvalue weighted by atomic mass is 32.1. The lowest BCUT2D eigenvalue weighted by Gasteiger charge is -2.03. The van der Waals surface area contributed by atoms with E-state index in [2.05, 4.69) is 36.0 Å². The van der Waals surface area contributed by atoms with E-state index < -0.39 is 0 Å². The lowest BCUT2D eigenvalue weighted by atomic mass is 10.2. The van der Waals surface area contributed by atoms with Crippen molar-refractivity contribution in [1.29, 1.82) is 0 Å². The number of carbonyl (C=O) groups excluding carboxylic acids is 2. The van der Waals surface area contributed by atoms with Gasteiger partial charge in [0.25, 0.3) is 0 Å². The molecule has 2 aromatic carbocycles. The summed E-state index contributed by atoms with van der Waals surface area (Å²) < 4.78 is 10.5. The van der Waals surface area contributed by atoms with Crippen LogP contribution in [0.1, 0.15) is 70.0 Å². The van der Waals surface area contributed by atoms with Crippen molar-refractivity contribution in [2.45, 2.75) is 39.5 Å². The van der Waals surface area contributed by atoms with Crippen molar-refractivity contribution in [3.8, 4) is 9.75 Å². The molecule has 4 rings (SSSR count). The van der Waals surface area contributed by atoms with E-state index in [1.54, 1.807) is 46.9 Å². The fourth-order valence-corrected chi connectivity index (χ4v) is 5.39. The van der Waals surface area contributed by atoms with Crippen LogP contribution < -0.4 is 0 Å². The van der Waals surface area contributed by atoms with Crippen molar-refractivity contribution in [3.05, 3.63) is 93.7 Å². The smallest absolute Gasteiger partial charge is 0.338 e. The zero-order valence-electron chi connectivity index (χ0n) is 22.7. The Morgan fingerprint density at radius 2 is 1.02 bits per heavy atom. The molecule has 0 amide bonds. The molecule has 0 N–H and O–H groups in total. The SMILES string of the molecule is CCCCOC(=O)c1ccc(N=Cc2ccc(-c3ccc(C=Nc4ccc(C(=O)OCCCC)cc4)s3)s2)cc1. The van der Waals surface area contributed by atoms with Gasteiger partial charge in [0.1, 0.15) is 0 Å². The lowest BCUT2D eigenvalue weighted by molar-refractivity contribution is 0.0490. The van der Waals surface area contributed by atoms with Crippen LogP contribution in [0.5, 0.6) is 0 Å². The number of esters is 2. The number of unbranched alkanes of at least 4 members (excludes halogenated alkanes) is 2. The number of thiophene rings is 2. The van der Waals surface area contributed by atoms with E-state index in [4.69, 9.17) is 9.47 Å². The molecule has 0 radical (unpaired) electrons. The van der Waals surface area contributed by atoms with Gasteiger partial charge in [-0.05, 0) is 85.6 Å². The fraction of sp³-hybridized carbons (Fsp3) is 0.250. The Kier molecular flexibility index (Phi) is 11.0. The van der Waals surface area contributed by atoms with Gasteiger partial charge < -0.3 is 9.47 Å². The number of carbonyl (C=O) groups is 2. The van der Waals surface area contributed by atoms with Crippen LogP contribution in [-0.2, 0) is 9.47 Å². The zero-order chi connectivity index (χ0) is 28.2. The number of hydrogen-bond donors (Lipinski definition) is 0. The quantitative estimate of drug-likeness (QED) is 0.0910. The first-order valence-corrected chi connectivity index (χ1v) is 15.0. The van der Waals surface area contributed by atoms with Gasteiger partial charge >= 0.3 is 11.9 Å². The monoisotopic (exact) mass is 572 g/mol. The number of aliphatic imine (C=N–C) groups is 2. The van der Waals surface area contributed by atoms with Gasteiger partial charge in [-0.3, -0.25) is 9.98 Å². The van der Waals surface area contributed by atoms with Gasteiger partial charge in [-0.25, -0.2) is 9.59 Å². The number of nitrogens with zero attached hydrogens (tertiary/aromatic N) is 2. The predicted molar refractivity (Wildman–Crippen MR) is 165 cm³/mol. The summed E-state index contributed by atoms with van der Waals surface area (Å²) in [5.41, 5.74) is 2.61. The Morgan fingerprint density at radius 1 is 0.625 bits per heavy atom. The topological polar surface area (TPSA) is 77.3 Å². The summed E-state index contributed by atoms with van der Waals surface area (Å²) >= 11 is 3.32. The second-order valence-corrected chi connectivity index (χ2v) is 11.2.